The fraction of sp³-hybridized carbons (Fsp3) is 0.100. The average Bonchev–Trinajstić information content (AvgIpc) is 3.10. The average molecular weight is 427 g/mol. The number of rotatable bonds is 4. The molecule has 0 saturated carbocycles. The molecule has 0 spiro atoms. The molecule has 0 fully saturated rings. The first kappa shape index (κ1) is 17.0. The van der Waals surface area contributed by atoms with E-state index in [1.165, 1.54) is 16.9 Å². The van der Waals surface area contributed by atoms with Crippen molar-refractivity contribution in [2.75, 3.05) is 5.32 Å². The molecular formula is C20H15BrN2O2S. The third kappa shape index (κ3) is 3.43. The van der Waals surface area contributed by atoms with Crippen LogP contribution in [0.4, 0.5) is 10.8 Å². The van der Waals surface area contributed by atoms with Gasteiger partial charge in [-0.05, 0) is 48.4 Å². The summed E-state index contributed by atoms with van der Waals surface area (Å²) in [6, 6.07) is 15.6. The highest BCUT2D eigenvalue weighted by Gasteiger charge is 2.12. The summed E-state index contributed by atoms with van der Waals surface area (Å²) in [5.41, 5.74) is 3.50. The molecule has 1 N–H and O–H groups in total. The summed E-state index contributed by atoms with van der Waals surface area (Å²) < 4.78 is 6.35. The summed E-state index contributed by atoms with van der Waals surface area (Å²) in [5, 5.41) is 6.73. The molecule has 0 atom stereocenters. The van der Waals surface area contributed by atoms with Gasteiger partial charge >= 0.3 is 5.63 Å². The number of halogens is 1. The van der Waals surface area contributed by atoms with Crippen LogP contribution in [0.3, 0.4) is 0 Å². The highest BCUT2D eigenvalue weighted by atomic mass is 79.9. The second kappa shape index (κ2) is 7.05. The third-order valence-electron chi connectivity index (χ3n) is 4.09. The van der Waals surface area contributed by atoms with E-state index in [1.807, 2.05) is 35.7 Å². The summed E-state index contributed by atoms with van der Waals surface area (Å²) in [6.07, 6.45) is 1.01. The zero-order valence-electron chi connectivity index (χ0n) is 14.0. The number of nitrogens with zero attached hydrogens (tertiary/aromatic N) is 1. The largest absolute Gasteiger partial charge is 0.422 e. The molecule has 6 heteroatoms. The van der Waals surface area contributed by atoms with Gasteiger partial charge in [-0.25, -0.2) is 9.78 Å². The Hall–Kier alpha value is -2.44. The van der Waals surface area contributed by atoms with Crippen LogP contribution in [0.5, 0.6) is 0 Å². The fourth-order valence-electron chi connectivity index (χ4n) is 2.67. The Balaban J connectivity index is 1.65. The Labute approximate surface area is 162 Å². The van der Waals surface area contributed by atoms with Crippen molar-refractivity contribution in [3.63, 3.8) is 0 Å². The molecule has 2 aromatic carbocycles. The minimum Gasteiger partial charge on any atom is -0.422 e. The molecule has 2 aromatic heterocycles. The van der Waals surface area contributed by atoms with E-state index in [0.29, 0.717) is 16.8 Å². The molecule has 0 aliphatic heterocycles. The zero-order chi connectivity index (χ0) is 18.1. The van der Waals surface area contributed by atoms with Crippen molar-refractivity contribution in [3.8, 4) is 11.3 Å². The number of benzene rings is 2. The molecule has 0 amide bonds. The summed E-state index contributed by atoms with van der Waals surface area (Å²) in [5.74, 6) is 0. The minimum absolute atomic E-state index is 0.385. The van der Waals surface area contributed by atoms with E-state index in [4.69, 9.17) is 4.42 Å². The van der Waals surface area contributed by atoms with Crippen LogP contribution in [0.1, 0.15) is 12.5 Å². The van der Waals surface area contributed by atoms with Crippen LogP contribution in [-0.4, -0.2) is 4.98 Å². The lowest BCUT2D eigenvalue weighted by Crippen LogP contribution is -2.03. The molecule has 0 radical (unpaired) electrons. The van der Waals surface area contributed by atoms with Gasteiger partial charge in [-0.2, -0.15) is 0 Å². The van der Waals surface area contributed by atoms with Crippen LogP contribution in [0.2, 0.25) is 0 Å². The molecular weight excluding hydrogens is 412 g/mol. The Morgan fingerprint density at radius 1 is 1.15 bits per heavy atom. The van der Waals surface area contributed by atoms with Crippen molar-refractivity contribution in [3.05, 3.63) is 74.4 Å². The minimum atomic E-state index is -0.385. The van der Waals surface area contributed by atoms with Crippen molar-refractivity contribution in [1.29, 1.82) is 0 Å². The second-order valence-corrected chi connectivity index (χ2v) is 7.62. The molecule has 26 heavy (non-hydrogen) atoms. The predicted octanol–water partition coefficient (Wildman–Crippen LogP) is 5.99. The van der Waals surface area contributed by atoms with E-state index in [0.717, 1.165) is 27.1 Å². The Kier molecular flexibility index (Phi) is 4.61. The summed E-state index contributed by atoms with van der Waals surface area (Å²) >= 11 is 4.89. The van der Waals surface area contributed by atoms with E-state index < -0.39 is 0 Å². The van der Waals surface area contributed by atoms with Crippen molar-refractivity contribution >= 4 is 49.1 Å². The van der Waals surface area contributed by atoms with Gasteiger partial charge in [0, 0.05) is 20.9 Å². The molecule has 130 valence electrons. The lowest BCUT2D eigenvalue weighted by molar-refractivity contribution is 0.563. The van der Waals surface area contributed by atoms with Gasteiger partial charge < -0.3 is 9.73 Å². The van der Waals surface area contributed by atoms with E-state index >= 15 is 0 Å². The first-order valence-corrected chi connectivity index (χ1v) is 9.85. The summed E-state index contributed by atoms with van der Waals surface area (Å²) in [4.78, 5) is 16.9. The van der Waals surface area contributed by atoms with E-state index in [-0.39, 0.29) is 5.63 Å². The number of anilines is 2. The Morgan fingerprint density at radius 3 is 2.73 bits per heavy atom. The Morgan fingerprint density at radius 2 is 1.96 bits per heavy atom. The van der Waals surface area contributed by atoms with Gasteiger partial charge in [-0.15, -0.1) is 11.3 Å². The third-order valence-corrected chi connectivity index (χ3v) is 5.34. The SMILES string of the molecule is CCc1ccc(Nc2nc(-c3cc4cc(Br)ccc4oc3=O)cs2)cc1. The number of hydrogen-bond acceptors (Lipinski definition) is 5. The number of aromatic nitrogens is 1. The van der Waals surface area contributed by atoms with Crippen LogP contribution in [0.25, 0.3) is 22.2 Å². The van der Waals surface area contributed by atoms with Crippen molar-refractivity contribution in [2.45, 2.75) is 13.3 Å². The molecule has 4 nitrogen and oxygen atoms in total. The maximum absolute atomic E-state index is 12.3. The normalized spacial score (nSPS) is 11.0. The van der Waals surface area contributed by atoms with Gasteiger partial charge in [0.15, 0.2) is 5.13 Å². The number of fused-ring (bicyclic) bond motifs is 1. The topological polar surface area (TPSA) is 55.1 Å². The first-order valence-electron chi connectivity index (χ1n) is 8.17. The van der Waals surface area contributed by atoms with Crippen LogP contribution < -0.4 is 10.9 Å². The van der Waals surface area contributed by atoms with Crippen LogP contribution >= 0.6 is 27.3 Å². The van der Waals surface area contributed by atoms with Gasteiger partial charge in [0.05, 0.1) is 11.3 Å². The van der Waals surface area contributed by atoms with Crippen LogP contribution in [-0.2, 0) is 6.42 Å². The standard InChI is InChI=1S/C20H15BrN2O2S/c1-2-12-3-6-15(7-4-12)22-20-23-17(11-26-20)16-10-13-9-14(21)5-8-18(13)25-19(16)24/h3-11H,2H2,1H3,(H,22,23). The van der Waals surface area contributed by atoms with Crippen molar-refractivity contribution in [2.24, 2.45) is 0 Å². The molecule has 2 heterocycles. The van der Waals surface area contributed by atoms with Gasteiger partial charge in [0.1, 0.15) is 5.58 Å². The van der Waals surface area contributed by atoms with Crippen molar-refractivity contribution < 1.29 is 4.42 Å². The smallest absolute Gasteiger partial charge is 0.345 e. The molecule has 0 aliphatic carbocycles. The summed E-state index contributed by atoms with van der Waals surface area (Å²) in [7, 11) is 0. The molecule has 0 unspecified atom stereocenters. The number of thiazole rings is 1. The second-order valence-electron chi connectivity index (χ2n) is 5.84. The number of hydrogen-bond donors (Lipinski definition) is 1. The molecule has 0 bridgehead atoms. The first-order chi connectivity index (χ1) is 12.6. The maximum atomic E-state index is 12.3. The van der Waals surface area contributed by atoms with Gasteiger partial charge in [-0.3, -0.25) is 0 Å². The van der Waals surface area contributed by atoms with E-state index in [9.17, 15) is 4.79 Å². The molecule has 4 rings (SSSR count). The van der Waals surface area contributed by atoms with Gasteiger partial charge in [0.2, 0.25) is 0 Å². The monoisotopic (exact) mass is 426 g/mol. The van der Waals surface area contributed by atoms with Crippen LogP contribution in [0.15, 0.2) is 67.6 Å². The predicted molar refractivity (Wildman–Crippen MR) is 110 cm³/mol. The van der Waals surface area contributed by atoms with Gasteiger partial charge in [-0.1, -0.05) is 35.0 Å². The lowest BCUT2D eigenvalue weighted by Gasteiger charge is -2.03. The zero-order valence-corrected chi connectivity index (χ0v) is 16.4. The van der Waals surface area contributed by atoms with Crippen molar-refractivity contribution in [1.82, 2.24) is 4.98 Å². The number of aryl methyl sites for hydroxylation is 1. The maximum Gasteiger partial charge on any atom is 0.345 e. The fourth-order valence-corrected chi connectivity index (χ4v) is 3.78. The molecule has 4 aromatic rings. The van der Waals surface area contributed by atoms with Gasteiger partial charge in [0.25, 0.3) is 0 Å². The highest BCUT2D eigenvalue weighted by Crippen LogP contribution is 2.28. The molecule has 0 saturated heterocycles. The number of nitrogens with one attached hydrogen (secondary N) is 1. The molecule has 0 aliphatic rings. The van der Waals surface area contributed by atoms with Crippen LogP contribution in [0, 0.1) is 0 Å². The lowest BCUT2D eigenvalue weighted by atomic mass is 10.1. The quantitative estimate of drug-likeness (QED) is 0.407. The summed E-state index contributed by atoms with van der Waals surface area (Å²) in [6.45, 7) is 2.13. The highest BCUT2D eigenvalue weighted by molar-refractivity contribution is 9.10. The van der Waals surface area contributed by atoms with E-state index in [1.54, 1.807) is 6.07 Å². The van der Waals surface area contributed by atoms with E-state index in [2.05, 4.69) is 45.3 Å². The Bertz CT molecular complexity index is 1130.